The Labute approximate surface area is 167 Å². The summed E-state index contributed by atoms with van der Waals surface area (Å²) >= 11 is 0. The van der Waals surface area contributed by atoms with E-state index in [9.17, 15) is 0 Å². The van der Waals surface area contributed by atoms with E-state index >= 15 is 0 Å². The van der Waals surface area contributed by atoms with E-state index in [0.29, 0.717) is 19.2 Å². The summed E-state index contributed by atoms with van der Waals surface area (Å²) in [7, 11) is 1.84. The Morgan fingerprint density at radius 1 is 1.25 bits per heavy atom. The number of nitrogens with one attached hydrogen (secondary N) is 1. The van der Waals surface area contributed by atoms with Crippen LogP contribution in [-0.4, -0.2) is 47.4 Å². The molecule has 2 heterocycles. The van der Waals surface area contributed by atoms with Crippen LogP contribution in [0.1, 0.15) is 54.6 Å². The van der Waals surface area contributed by atoms with Gasteiger partial charge >= 0.3 is 0 Å². The lowest BCUT2D eigenvalue weighted by atomic mass is 10.0. The van der Waals surface area contributed by atoms with Gasteiger partial charge in [-0.25, -0.2) is 0 Å². The topological polar surface area (TPSA) is 54.7 Å². The second-order valence-corrected chi connectivity index (χ2v) is 7.79. The predicted octanol–water partition coefficient (Wildman–Crippen LogP) is 3.46. The van der Waals surface area contributed by atoms with Gasteiger partial charge in [-0.05, 0) is 37.0 Å². The third-order valence-electron chi connectivity index (χ3n) is 5.90. The minimum absolute atomic E-state index is 0.0788. The van der Waals surface area contributed by atoms with Gasteiger partial charge in [0.2, 0.25) is 0 Å². The van der Waals surface area contributed by atoms with Crippen molar-refractivity contribution in [3.8, 4) is 0 Å². The molecular formula is C22H31N5O. The Balaban J connectivity index is 1.36. The highest BCUT2D eigenvalue weighted by atomic mass is 16.5. The van der Waals surface area contributed by atoms with Crippen LogP contribution in [0.5, 0.6) is 0 Å². The molecule has 4 rings (SSSR count). The van der Waals surface area contributed by atoms with E-state index < -0.39 is 0 Å². The largest absolute Gasteiger partial charge is 0.370 e. The predicted molar refractivity (Wildman–Crippen MR) is 111 cm³/mol. The molecule has 0 radical (unpaired) electrons. The standard InChI is InChI=1S/C22H31N5O/c1-17-7-3-6-10-20(17)21-16-26(13-14-28-21)22(23-2)24-15-18-11-12-27(25-18)19-8-4-5-9-19/h3,6-7,10-12,19,21H,4-5,8-9,13-16H2,1-2H3,(H,23,24). The molecule has 0 bridgehead atoms. The molecule has 2 aliphatic rings. The van der Waals surface area contributed by atoms with Crippen molar-refractivity contribution in [2.24, 2.45) is 4.99 Å². The maximum absolute atomic E-state index is 6.05. The first-order valence-corrected chi connectivity index (χ1v) is 10.4. The van der Waals surface area contributed by atoms with Crippen LogP contribution in [0.15, 0.2) is 41.5 Å². The number of hydrogen-bond donors (Lipinski definition) is 1. The number of nitrogens with zero attached hydrogens (tertiary/aromatic N) is 4. The summed E-state index contributed by atoms with van der Waals surface area (Å²) in [4.78, 5) is 6.79. The normalized spacial score (nSPS) is 21.3. The van der Waals surface area contributed by atoms with Crippen molar-refractivity contribution in [2.45, 2.75) is 51.3 Å². The van der Waals surface area contributed by atoms with E-state index in [-0.39, 0.29) is 6.10 Å². The zero-order chi connectivity index (χ0) is 19.3. The van der Waals surface area contributed by atoms with Crippen molar-refractivity contribution in [3.63, 3.8) is 0 Å². The van der Waals surface area contributed by atoms with Crippen LogP contribution in [0.2, 0.25) is 0 Å². The number of rotatable bonds is 4. The average Bonchev–Trinajstić information content (AvgIpc) is 3.41. The van der Waals surface area contributed by atoms with Crippen molar-refractivity contribution in [1.82, 2.24) is 20.0 Å². The lowest BCUT2D eigenvalue weighted by Gasteiger charge is -2.35. The molecule has 1 aromatic heterocycles. The lowest BCUT2D eigenvalue weighted by molar-refractivity contribution is -0.00834. The number of hydrogen-bond acceptors (Lipinski definition) is 3. The van der Waals surface area contributed by atoms with Crippen molar-refractivity contribution in [2.75, 3.05) is 26.7 Å². The van der Waals surface area contributed by atoms with Crippen LogP contribution in [0.3, 0.4) is 0 Å². The van der Waals surface area contributed by atoms with Crippen molar-refractivity contribution < 1.29 is 4.74 Å². The third kappa shape index (κ3) is 4.22. The van der Waals surface area contributed by atoms with Gasteiger partial charge in [-0.2, -0.15) is 5.10 Å². The molecule has 2 fully saturated rings. The van der Waals surface area contributed by atoms with E-state index in [0.717, 1.165) is 24.7 Å². The maximum atomic E-state index is 6.05. The quantitative estimate of drug-likeness (QED) is 0.651. The Hall–Kier alpha value is -2.34. The first kappa shape index (κ1) is 19.0. The molecule has 1 aliphatic carbocycles. The van der Waals surface area contributed by atoms with Gasteiger partial charge in [0.25, 0.3) is 0 Å². The second kappa shape index (κ2) is 8.78. The molecule has 1 saturated heterocycles. The highest BCUT2D eigenvalue weighted by Gasteiger charge is 2.25. The fourth-order valence-corrected chi connectivity index (χ4v) is 4.32. The fraction of sp³-hybridized carbons (Fsp3) is 0.545. The number of aliphatic imine (C=N–C) groups is 1. The Bertz CT molecular complexity index is 809. The van der Waals surface area contributed by atoms with Crippen molar-refractivity contribution in [3.05, 3.63) is 53.3 Å². The van der Waals surface area contributed by atoms with Gasteiger partial charge in [0.05, 0.1) is 31.4 Å². The van der Waals surface area contributed by atoms with Crippen LogP contribution in [0, 0.1) is 6.92 Å². The molecule has 150 valence electrons. The minimum atomic E-state index is 0.0788. The Morgan fingerprint density at radius 3 is 2.86 bits per heavy atom. The fourth-order valence-electron chi connectivity index (χ4n) is 4.32. The van der Waals surface area contributed by atoms with E-state index in [1.165, 1.54) is 36.8 Å². The number of aromatic nitrogens is 2. The van der Waals surface area contributed by atoms with Crippen LogP contribution >= 0.6 is 0 Å². The molecule has 28 heavy (non-hydrogen) atoms. The van der Waals surface area contributed by atoms with Crippen molar-refractivity contribution >= 4 is 5.96 Å². The molecule has 1 aromatic carbocycles. The van der Waals surface area contributed by atoms with Gasteiger partial charge in [0.15, 0.2) is 5.96 Å². The number of aryl methyl sites for hydroxylation is 1. The molecule has 1 unspecified atom stereocenters. The first-order chi connectivity index (χ1) is 13.7. The SMILES string of the molecule is CN=C(NCc1ccn(C2CCCC2)n1)N1CCOC(c2ccccc2C)C1. The second-order valence-electron chi connectivity index (χ2n) is 7.79. The summed E-state index contributed by atoms with van der Waals surface area (Å²) in [5.41, 5.74) is 3.60. The smallest absolute Gasteiger partial charge is 0.194 e. The highest BCUT2D eigenvalue weighted by molar-refractivity contribution is 5.80. The molecule has 6 heteroatoms. The molecule has 1 N–H and O–H groups in total. The zero-order valence-corrected chi connectivity index (χ0v) is 17.0. The third-order valence-corrected chi connectivity index (χ3v) is 5.90. The van der Waals surface area contributed by atoms with E-state index in [2.05, 4.69) is 63.3 Å². The maximum Gasteiger partial charge on any atom is 0.194 e. The molecule has 1 aliphatic heterocycles. The summed E-state index contributed by atoms with van der Waals surface area (Å²) < 4.78 is 8.20. The summed E-state index contributed by atoms with van der Waals surface area (Å²) in [6.07, 6.45) is 7.36. The summed E-state index contributed by atoms with van der Waals surface area (Å²) in [5, 5.41) is 8.26. The first-order valence-electron chi connectivity index (χ1n) is 10.4. The average molecular weight is 382 g/mol. The molecule has 1 atom stereocenters. The van der Waals surface area contributed by atoms with Gasteiger partial charge in [-0.3, -0.25) is 9.67 Å². The number of guanidine groups is 1. The summed E-state index contributed by atoms with van der Waals surface area (Å²) in [6, 6.07) is 11.2. The molecule has 0 spiro atoms. The van der Waals surface area contributed by atoms with Crippen LogP contribution in [-0.2, 0) is 11.3 Å². The van der Waals surface area contributed by atoms with E-state index in [4.69, 9.17) is 9.84 Å². The van der Waals surface area contributed by atoms with Gasteiger partial charge in [0.1, 0.15) is 6.10 Å². The van der Waals surface area contributed by atoms with Gasteiger partial charge in [0, 0.05) is 19.8 Å². The molecule has 1 saturated carbocycles. The monoisotopic (exact) mass is 381 g/mol. The highest BCUT2D eigenvalue weighted by Crippen LogP contribution is 2.28. The Kier molecular flexibility index (Phi) is 5.95. The van der Waals surface area contributed by atoms with Crippen LogP contribution in [0.4, 0.5) is 0 Å². The van der Waals surface area contributed by atoms with Gasteiger partial charge in [-0.1, -0.05) is 37.1 Å². The van der Waals surface area contributed by atoms with Crippen LogP contribution in [0.25, 0.3) is 0 Å². The minimum Gasteiger partial charge on any atom is -0.370 e. The molecule has 0 amide bonds. The molecular weight excluding hydrogens is 350 g/mol. The van der Waals surface area contributed by atoms with Crippen LogP contribution < -0.4 is 5.32 Å². The summed E-state index contributed by atoms with van der Waals surface area (Å²) in [6.45, 7) is 5.19. The van der Waals surface area contributed by atoms with E-state index in [1.807, 2.05) is 7.05 Å². The Morgan fingerprint density at radius 2 is 2.07 bits per heavy atom. The van der Waals surface area contributed by atoms with Gasteiger partial charge in [-0.15, -0.1) is 0 Å². The van der Waals surface area contributed by atoms with Gasteiger partial charge < -0.3 is 15.0 Å². The number of ether oxygens (including phenoxy) is 1. The summed E-state index contributed by atoms with van der Waals surface area (Å²) in [5.74, 6) is 0.914. The zero-order valence-electron chi connectivity index (χ0n) is 17.0. The molecule has 6 nitrogen and oxygen atoms in total. The number of morpholine rings is 1. The molecule has 2 aromatic rings. The van der Waals surface area contributed by atoms with E-state index in [1.54, 1.807) is 0 Å². The lowest BCUT2D eigenvalue weighted by Crippen LogP contribution is -2.48. The number of benzene rings is 1. The van der Waals surface area contributed by atoms with Crippen molar-refractivity contribution in [1.29, 1.82) is 0 Å².